The number of rotatable bonds is 3. The molecule has 0 fully saturated rings. The van der Waals surface area contributed by atoms with Gasteiger partial charge in [0.15, 0.2) is 0 Å². The third kappa shape index (κ3) is 3.47. The number of carbonyl (C=O) groups excluding carboxylic acids is 1. The summed E-state index contributed by atoms with van der Waals surface area (Å²) in [5.41, 5.74) is 1.05. The summed E-state index contributed by atoms with van der Waals surface area (Å²) < 4.78 is 11.8. The van der Waals surface area contributed by atoms with Crippen LogP contribution in [0.15, 0.2) is 29.2 Å². The van der Waals surface area contributed by atoms with Crippen LogP contribution < -0.4 is 0 Å². The van der Waals surface area contributed by atoms with Crippen molar-refractivity contribution in [1.82, 2.24) is 4.90 Å². The lowest BCUT2D eigenvalue weighted by Gasteiger charge is -2.09. The molecule has 0 bridgehead atoms. The predicted octanol–water partition coefficient (Wildman–Crippen LogP) is 1.19. The largest absolute Gasteiger partial charge is 0.348 e. The molecule has 0 aliphatic rings. The Labute approximate surface area is 92.6 Å². The van der Waals surface area contributed by atoms with Crippen LogP contribution in [0.4, 0.5) is 0 Å². The quantitative estimate of drug-likeness (QED) is 0.775. The van der Waals surface area contributed by atoms with Gasteiger partial charge in [0.25, 0.3) is 0 Å². The first-order chi connectivity index (χ1) is 7.00. The second kappa shape index (κ2) is 5.07. The Morgan fingerprint density at radius 2 is 2.07 bits per heavy atom. The summed E-state index contributed by atoms with van der Waals surface area (Å²) in [5, 5.41) is 0. The zero-order valence-corrected chi connectivity index (χ0v) is 10.0. The molecular formula is C11H15NO2S. The van der Waals surface area contributed by atoms with Gasteiger partial charge in [0, 0.05) is 19.0 Å². The summed E-state index contributed by atoms with van der Waals surface area (Å²) in [5.74, 6) is -0.0639. The van der Waals surface area contributed by atoms with Crippen molar-refractivity contribution in [3.63, 3.8) is 0 Å². The number of hydrogen-bond donors (Lipinski definition) is 0. The monoisotopic (exact) mass is 225 g/mol. The molecule has 1 aromatic rings. The molecule has 1 atom stereocenters. The van der Waals surface area contributed by atoms with Crippen molar-refractivity contribution in [2.24, 2.45) is 0 Å². The van der Waals surface area contributed by atoms with Crippen LogP contribution in [-0.4, -0.2) is 34.9 Å². The lowest BCUT2D eigenvalue weighted by Crippen LogP contribution is -2.27. The fourth-order valence-corrected chi connectivity index (χ4v) is 2.28. The second-order valence-electron chi connectivity index (χ2n) is 3.59. The van der Waals surface area contributed by atoms with Crippen molar-refractivity contribution in [3.05, 3.63) is 29.8 Å². The van der Waals surface area contributed by atoms with Gasteiger partial charge in [-0.25, -0.2) is 0 Å². The molecule has 0 saturated heterocycles. The van der Waals surface area contributed by atoms with Crippen LogP contribution in [0.25, 0.3) is 0 Å². The van der Waals surface area contributed by atoms with Gasteiger partial charge < -0.3 is 4.90 Å². The summed E-state index contributed by atoms with van der Waals surface area (Å²) in [6.07, 6.45) is 0. The van der Waals surface area contributed by atoms with Crippen LogP contribution in [0.3, 0.4) is 0 Å². The summed E-state index contributed by atoms with van der Waals surface area (Å²) in [7, 11) is 2.09. The Bertz CT molecular complexity index is 388. The van der Waals surface area contributed by atoms with Gasteiger partial charge in [-0.1, -0.05) is 12.1 Å². The molecule has 0 heterocycles. The maximum absolute atomic E-state index is 11.8. The van der Waals surface area contributed by atoms with Crippen LogP contribution in [0.5, 0.6) is 0 Å². The zero-order valence-electron chi connectivity index (χ0n) is 9.19. The number of benzene rings is 1. The van der Waals surface area contributed by atoms with E-state index in [0.29, 0.717) is 4.90 Å². The summed E-state index contributed by atoms with van der Waals surface area (Å²) in [6.45, 7) is 1.94. The Kier molecular flexibility index (Phi) is 4.03. The summed E-state index contributed by atoms with van der Waals surface area (Å²) >= 11 is 0. The highest BCUT2D eigenvalue weighted by molar-refractivity contribution is 7.85. The van der Waals surface area contributed by atoms with Crippen LogP contribution in [-0.2, 0) is 15.6 Å². The molecule has 1 aromatic carbocycles. The highest BCUT2D eigenvalue weighted by Gasteiger charge is 2.11. The maximum Gasteiger partial charge on any atom is 0.235 e. The average molecular weight is 225 g/mol. The van der Waals surface area contributed by atoms with E-state index in [2.05, 4.69) is 0 Å². The van der Waals surface area contributed by atoms with Crippen LogP contribution in [0.2, 0.25) is 0 Å². The van der Waals surface area contributed by atoms with Crippen molar-refractivity contribution >= 4 is 16.7 Å². The van der Waals surface area contributed by atoms with Gasteiger partial charge in [-0.3, -0.25) is 9.00 Å². The minimum atomic E-state index is -1.24. The first kappa shape index (κ1) is 11.9. The Hall–Kier alpha value is -1.16. The topological polar surface area (TPSA) is 37.4 Å². The Morgan fingerprint density at radius 1 is 1.40 bits per heavy atom. The van der Waals surface area contributed by atoms with Gasteiger partial charge in [-0.2, -0.15) is 0 Å². The van der Waals surface area contributed by atoms with E-state index in [4.69, 9.17) is 0 Å². The van der Waals surface area contributed by atoms with E-state index in [9.17, 15) is 9.00 Å². The van der Waals surface area contributed by atoms with Gasteiger partial charge in [-0.15, -0.1) is 0 Å². The molecule has 82 valence electrons. The smallest absolute Gasteiger partial charge is 0.235 e. The summed E-state index contributed by atoms with van der Waals surface area (Å²) in [6, 6.07) is 7.42. The van der Waals surface area contributed by atoms with Crippen LogP contribution in [0, 0.1) is 6.92 Å². The molecule has 0 aromatic heterocycles. The van der Waals surface area contributed by atoms with Crippen molar-refractivity contribution in [3.8, 4) is 0 Å². The standard InChI is InChI=1S/C11H15NO2S/c1-9-5-4-6-10(7-9)15(14)8-11(13)12(2)3/h4-7H,8H2,1-3H3. The lowest BCUT2D eigenvalue weighted by atomic mass is 10.2. The molecular weight excluding hydrogens is 210 g/mol. The van der Waals surface area contributed by atoms with Crippen LogP contribution >= 0.6 is 0 Å². The van der Waals surface area contributed by atoms with E-state index in [1.165, 1.54) is 4.90 Å². The number of carbonyl (C=O) groups is 1. The molecule has 3 nitrogen and oxygen atoms in total. The number of hydrogen-bond acceptors (Lipinski definition) is 2. The maximum atomic E-state index is 11.8. The molecule has 15 heavy (non-hydrogen) atoms. The van der Waals surface area contributed by atoms with E-state index in [1.807, 2.05) is 25.1 Å². The predicted molar refractivity (Wildman–Crippen MR) is 61.1 cm³/mol. The van der Waals surface area contributed by atoms with Gasteiger partial charge in [-0.05, 0) is 24.6 Å². The van der Waals surface area contributed by atoms with Crippen molar-refractivity contribution in [2.45, 2.75) is 11.8 Å². The van der Waals surface area contributed by atoms with Crippen LogP contribution in [0.1, 0.15) is 5.56 Å². The molecule has 0 saturated carbocycles. The fraction of sp³-hybridized carbons (Fsp3) is 0.364. The molecule has 0 N–H and O–H groups in total. The molecule has 1 rings (SSSR count). The normalized spacial score (nSPS) is 12.2. The average Bonchev–Trinajstić information content (AvgIpc) is 2.17. The Balaban J connectivity index is 2.74. The fourth-order valence-electron chi connectivity index (χ4n) is 1.08. The first-order valence-electron chi connectivity index (χ1n) is 4.66. The molecule has 0 spiro atoms. The van der Waals surface area contributed by atoms with Crippen molar-refractivity contribution in [2.75, 3.05) is 19.8 Å². The molecule has 4 heteroatoms. The third-order valence-corrected chi connectivity index (χ3v) is 3.29. The number of nitrogens with zero attached hydrogens (tertiary/aromatic N) is 1. The SMILES string of the molecule is Cc1cccc(S(=O)CC(=O)N(C)C)c1. The molecule has 1 unspecified atom stereocenters. The first-order valence-corrected chi connectivity index (χ1v) is 5.98. The van der Waals surface area contributed by atoms with Gasteiger partial charge in [0.2, 0.25) is 5.91 Å². The third-order valence-electron chi connectivity index (χ3n) is 2.01. The van der Waals surface area contributed by atoms with E-state index < -0.39 is 10.8 Å². The van der Waals surface area contributed by atoms with E-state index in [-0.39, 0.29) is 11.7 Å². The minimum Gasteiger partial charge on any atom is -0.348 e. The van der Waals surface area contributed by atoms with Crippen molar-refractivity contribution in [1.29, 1.82) is 0 Å². The highest BCUT2D eigenvalue weighted by atomic mass is 32.2. The van der Waals surface area contributed by atoms with E-state index in [1.54, 1.807) is 20.2 Å². The molecule has 0 aliphatic carbocycles. The minimum absolute atomic E-state index is 0.0520. The van der Waals surface area contributed by atoms with Gasteiger partial charge in [0.1, 0.15) is 5.75 Å². The van der Waals surface area contributed by atoms with Gasteiger partial charge >= 0.3 is 0 Å². The molecule has 0 aliphatic heterocycles. The van der Waals surface area contributed by atoms with Crippen molar-refractivity contribution < 1.29 is 9.00 Å². The highest BCUT2D eigenvalue weighted by Crippen LogP contribution is 2.09. The summed E-state index contributed by atoms with van der Waals surface area (Å²) in [4.78, 5) is 13.5. The Morgan fingerprint density at radius 3 is 2.60 bits per heavy atom. The zero-order chi connectivity index (χ0) is 11.4. The molecule has 0 radical (unpaired) electrons. The van der Waals surface area contributed by atoms with E-state index in [0.717, 1.165) is 5.56 Å². The number of aryl methyl sites for hydroxylation is 1. The van der Waals surface area contributed by atoms with Gasteiger partial charge in [0.05, 0.1) is 10.8 Å². The molecule has 1 amide bonds. The van der Waals surface area contributed by atoms with E-state index >= 15 is 0 Å². The second-order valence-corrected chi connectivity index (χ2v) is 5.05. The number of amides is 1. The lowest BCUT2D eigenvalue weighted by molar-refractivity contribution is -0.125.